The molecular formula is C23H30F3N5O. The van der Waals surface area contributed by atoms with Crippen LogP contribution in [0.4, 0.5) is 24.7 Å². The van der Waals surface area contributed by atoms with Crippen molar-refractivity contribution in [2.24, 2.45) is 0 Å². The van der Waals surface area contributed by atoms with Crippen molar-refractivity contribution in [3.05, 3.63) is 47.4 Å². The van der Waals surface area contributed by atoms with Crippen molar-refractivity contribution in [3.63, 3.8) is 0 Å². The molecule has 0 radical (unpaired) electrons. The second kappa shape index (κ2) is 9.85. The minimum atomic E-state index is -4.52. The third kappa shape index (κ3) is 5.97. The number of amides is 1. The standard InChI is InChI=1S/C23H30F3N5O/c1-15(2)19-13-20(29-22(28-19)16(3)4)31-11-9-30(10-12-31)14-21(32)27-18-8-6-5-7-17(18)23(24,25)26/h5-8,13,15-16H,9-12,14H2,1-4H3,(H,27,32). The van der Waals surface area contributed by atoms with E-state index < -0.39 is 17.6 Å². The van der Waals surface area contributed by atoms with E-state index in [0.29, 0.717) is 32.1 Å². The molecule has 1 amide bonds. The lowest BCUT2D eigenvalue weighted by Crippen LogP contribution is -2.49. The second-order valence-corrected chi connectivity index (χ2v) is 8.67. The van der Waals surface area contributed by atoms with Gasteiger partial charge in [-0.3, -0.25) is 9.69 Å². The number of para-hydroxylation sites is 1. The fourth-order valence-electron chi connectivity index (χ4n) is 3.55. The Morgan fingerprint density at radius 2 is 1.69 bits per heavy atom. The number of rotatable bonds is 6. The van der Waals surface area contributed by atoms with Gasteiger partial charge in [0.15, 0.2) is 0 Å². The summed E-state index contributed by atoms with van der Waals surface area (Å²) in [5.41, 5.74) is -0.0558. The largest absolute Gasteiger partial charge is 0.418 e. The van der Waals surface area contributed by atoms with Crippen LogP contribution in [-0.2, 0) is 11.0 Å². The normalized spacial score (nSPS) is 15.5. The SMILES string of the molecule is CC(C)c1cc(N2CCN(CC(=O)Nc3ccccc3C(F)(F)F)CC2)nc(C(C)C)n1. The fraction of sp³-hybridized carbons (Fsp3) is 0.522. The van der Waals surface area contributed by atoms with Crippen LogP contribution in [0.1, 0.15) is 56.6 Å². The van der Waals surface area contributed by atoms with Gasteiger partial charge in [0.1, 0.15) is 11.6 Å². The molecule has 0 bridgehead atoms. The van der Waals surface area contributed by atoms with Crippen LogP contribution in [0, 0.1) is 0 Å². The predicted molar refractivity (Wildman–Crippen MR) is 119 cm³/mol. The van der Waals surface area contributed by atoms with Crippen LogP contribution < -0.4 is 10.2 Å². The Kier molecular flexibility index (Phi) is 7.38. The van der Waals surface area contributed by atoms with Crippen LogP contribution in [0.2, 0.25) is 0 Å². The molecule has 9 heteroatoms. The summed E-state index contributed by atoms with van der Waals surface area (Å²) >= 11 is 0. The Balaban J connectivity index is 1.61. The molecule has 0 atom stereocenters. The molecule has 1 aromatic heterocycles. The Morgan fingerprint density at radius 1 is 1.03 bits per heavy atom. The van der Waals surface area contributed by atoms with Gasteiger partial charge in [0.2, 0.25) is 5.91 Å². The van der Waals surface area contributed by atoms with Crippen LogP contribution in [0.5, 0.6) is 0 Å². The number of carbonyl (C=O) groups is 1. The Morgan fingerprint density at radius 3 is 2.28 bits per heavy atom. The highest BCUT2D eigenvalue weighted by Gasteiger charge is 2.33. The molecule has 1 aliphatic rings. The third-order valence-electron chi connectivity index (χ3n) is 5.43. The highest BCUT2D eigenvalue weighted by molar-refractivity contribution is 5.93. The van der Waals surface area contributed by atoms with Crippen molar-refractivity contribution in [2.75, 3.05) is 42.9 Å². The molecular weight excluding hydrogens is 419 g/mol. The fourth-order valence-corrected chi connectivity index (χ4v) is 3.55. The van der Waals surface area contributed by atoms with E-state index >= 15 is 0 Å². The van der Waals surface area contributed by atoms with Gasteiger partial charge in [0.25, 0.3) is 0 Å². The van der Waals surface area contributed by atoms with Crippen molar-refractivity contribution >= 4 is 17.4 Å². The maximum Gasteiger partial charge on any atom is 0.418 e. The number of benzene rings is 1. The Bertz CT molecular complexity index is 911. The van der Waals surface area contributed by atoms with Crippen molar-refractivity contribution in [2.45, 2.75) is 45.7 Å². The van der Waals surface area contributed by atoms with Crippen LogP contribution in [0.15, 0.2) is 30.3 Å². The lowest BCUT2D eigenvalue weighted by Gasteiger charge is -2.35. The lowest BCUT2D eigenvalue weighted by molar-refractivity contribution is -0.137. The minimum absolute atomic E-state index is 0.0400. The molecule has 3 rings (SSSR count). The molecule has 0 unspecified atom stereocenters. The number of carbonyl (C=O) groups excluding carboxylic acids is 1. The number of piperazine rings is 1. The maximum absolute atomic E-state index is 13.1. The van der Waals surface area contributed by atoms with Gasteiger partial charge in [-0.2, -0.15) is 13.2 Å². The van der Waals surface area contributed by atoms with Crippen LogP contribution in [0.3, 0.4) is 0 Å². The van der Waals surface area contributed by atoms with Gasteiger partial charge in [0.05, 0.1) is 17.8 Å². The number of nitrogens with zero attached hydrogens (tertiary/aromatic N) is 4. The number of aromatic nitrogens is 2. The topological polar surface area (TPSA) is 61.4 Å². The van der Waals surface area contributed by atoms with E-state index in [1.165, 1.54) is 18.2 Å². The number of halogens is 3. The smallest absolute Gasteiger partial charge is 0.354 e. The summed E-state index contributed by atoms with van der Waals surface area (Å²) in [6, 6.07) is 7.04. The predicted octanol–water partition coefficient (Wildman–Crippen LogP) is 4.50. The maximum atomic E-state index is 13.1. The first kappa shape index (κ1) is 24.0. The van der Waals surface area contributed by atoms with Gasteiger partial charge in [-0.1, -0.05) is 39.8 Å². The zero-order valence-corrected chi connectivity index (χ0v) is 18.9. The van der Waals surface area contributed by atoms with Crippen molar-refractivity contribution in [1.82, 2.24) is 14.9 Å². The first-order chi connectivity index (χ1) is 15.0. The molecule has 1 fully saturated rings. The summed E-state index contributed by atoms with van der Waals surface area (Å²) in [4.78, 5) is 25.9. The van der Waals surface area contributed by atoms with Crippen LogP contribution >= 0.6 is 0 Å². The molecule has 1 aromatic carbocycles. The van der Waals surface area contributed by atoms with Crippen LogP contribution in [-0.4, -0.2) is 53.5 Å². The summed E-state index contributed by atoms with van der Waals surface area (Å²) in [7, 11) is 0. The quantitative estimate of drug-likeness (QED) is 0.704. The summed E-state index contributed by atoms with van der Waals surface area (Å²) in [6.45, 7) is 11.0. The molecule has 0 aliphatic carbocycles. The molecule has 0 saturated carbocycles. The van der Waals surface area contributed by atoms with Crippen molar-refractivity contribution in [1.29, 1.82) is 0 Å². The van der Waals surface area contributed by atoms with E-state index in [2.05, 4.69) is 42.9 Å². The average molecular weight is 450 g/mol. The molecule has 1 saturated heterocycles. The zero-order chi connectivity index (χ0) is 23.5. The molecule has 1 N–H and O–H groups in total. The molecule has 2 aromatic rings. The summed E-state index contributed by atoms with van der Waals surface area (Å²) in [6.07, 6.45) is -4.52. The Hall–Kier alpha value is -2.68. The first-order valence-electron chi connectivity index (χ1n) is 10.9. The number of hydrogen-bond acceptors (Lipinski definition) is 5. The number of anilines is 2. The van der Waals surface area contributed by atoms with E-state index in [9.17, 15) is 18.0 Å². The van der Waals surface area contributed by atoms with E-state index in [0.717, 1.165) is 23.4 Å². The van der Waals surface area contributed by atoms with E-state index in [-0.39, 0.29) is 18.2 Å². The highest BCUT2D eigenvalue weighted by Crippen LogP contribution is 2.34. The van der Waals surface area contributed by atoms with Gasteiger partial charge >= 0.3 is 6.18 Å². The minimum Gasteiger partial charge on any atom is -0.354 e. The van der Waals surface area contributed by atoms with Gasteiger partial charge < -0.3 is 10.2 Å². The van der Waals surface area contributed by atoms with E-state index in [4.69, 9.17) is 4.98 Å². The monoisotopic (exact) mass is 449 g/mol. The molecule has 2 heterocycles. The van der Waals surface area contributed by atoms with Gasteiger partial charge in [-0.05, 0) is 18.1 Å². The number of hydrogen-bond donors (Lipinski definition) is 1. The molecule has 6 nitrogen and oxygen atoms in total. The average Bonchev–Trinajstić information content (AvgIpc) is 2.73. The summed E-state index contributed by atoms with van der Waals surface area (Å²) < 4.78 is 39.4. The highest BCUT2D eigenvalue weighted by atomic mass is 19.4. The van der Waals surface area contributed by atoms with Crippen molar-refractivity contribution < 1.29 is 18.0 Å². The first-order valence-corrected chi connectivity index (χ1v) is 10.9. The number of nitrogens with one attached hydrogen (secondary N) is 1. The Labute approximate surface area is 186 Å². The second-order valence-electron chi connectivity index (χ2n) is 8.67. The van der Waals surface area contributed by atoms with Gasteiger partial charge in [0, 0.05) is 43.9 Å². The van der Waals surface area contributed by atoms with Gasteiger partial charge in [-0.25, -0.2) is 9.97 Å². The van der Waals surface area contributed by atoms with Crippen molar-refractivity contribution in [3.8, 4) is 0 Å². The molecule has 174 valence electrons. The third-order valence-corrected chi connectivity index (χ3v) is 5.43. The lowest BCUT2D eigenvalue weighted by atomic mass is 10.1. The summed E-state index contributed by atoms with van der Waals surface area (Å²) in [5, 5.41) is 2.41. The zero-order valence-electron chi connectivity index (χ0n) is 18.9. The van der Waals surface area contributed by atoms with Crippen LogP contribution in [0.25, 0.3) is 0 Å². The van der Waals surface area contributed by atoms with E-state index in [1.54, 1.807) is 0 Å². The number of alkyl halides is 3. The molecule has 1 aliphatic heterocycles. The molecule has 32 heavy (non-hydrogen) atoms. The van der Waals surface area contributed by atoms with Gasteiger partial charge in [-0.15, -0.1) is 0 Å². The summed E-state index contributed by atoms with van der Waals surface area (Å²) in [5.74, 6) is 1.75. The van der Waals surface area contributed by atoms with E-state index in [1.807, 2.05) is 11.0 Å². The molecule has 0 spiro atoms.